The molecule has 0 aromatic heterocycles. The van der Waals surface area contributed by atoms with Gasteiger partial charge in [-0.25, -0.2) is 0 Å². The first-order valence-electron chi connectivity index (χ1n) is 19.3. The molecule has 0 spiro atoms. The maximum absolute atomic E-state index is 2.47. The number of nitrogens with zero attached hydrogens (tertiary/aromatic N) is 1. The van der Waals surface area contributed by atoms with Crippen molar-refractivity contribution in [2.45, 2.75) is 57.8 Å². The van der Waals surface area contributed by atoms with E-state index < -0.39 is 0 Å². The predicted molar refractivity (Wildman–Crippen MR) is 220 cm³/mol. The Hall–Kier alpha value is -5.40. The first-order valence-corrected chi connectivity index (χ1v) is 19.3. The molecule has 3 atom stereocenters. The van der Waals surface area contributed by atoms with Gasteiger partial charge in [-0.05, 0) is 147 Å². The van der Waals surface area contributed by atoms with Gasteiger partial charge in [0.25, 0.3) is 0 Å². The zero-order valence-electron chi connectivity index (χ0n) is 30.4. The van der Waals surface area contributed by atoms with Crippen molar-refractivity contribution in [3.63, 3.8) is 0 Å². The molecule has 0 aliphatic heterocycles. The summed E-state index contributed by atoms with van der Waals surface area (Å²) >= 11 is 0. The third kappa shape index (κ3) is 4.97. The lowest BCUT2D eigenvalue weighted by Crippen LogP contribution is -2.16. The molecule has 52 heavy (non-hydrogen) atoms. The highest BCUT2D eigenvalue weighted by atomic mass is 15.1. The lowest BCUT2D eigenvalue weighted by molar-refractivity contribution is 0.420. The Balaban J connectivity index is 1.09. The van der Waals surface area contributed by atoms with Crippen LogP contribution in [0.3, 0.4) is 0 Å². The number of anilines is 3. The van der Waals surface area contributed by atoms with Gasteiger partial charge in [0.2, 0.25) is 0 Å². The molecule has 0 saturated heterocycles. The highest BCUT2D eigenvalue weighted by Crippen LogP contribution is 2.54. The summed E-state index contributed by atoms with van der Waals surface area (Å²) in [5, 5.41) is 2.54. The van der Waals surface area contributed by atoms with Crippen LogP contribution < -0.4 is 4.90 Å². The van der Waals surface area contributed by atoms with E-state index in [2.05, 4.69) is 177 Å². The molecule has 10 rings (SSSR count). The minimum Gasteiger partial charge on any atom is -0.310 e. The van der Waals surface area contributed by atoms with Gasteiger partial charge in [-0.2, -0.15) is 0 Å². The summed E-state index contributed by atoms with van der Waals surface area (Å²) in [6.45, 7) is 7.03. The van der Waals surface area contributed by atoms with Crippen LogP contribution in [0.1, 0.15) is 67.7 Å². The topological polar surface area (TPSA) is 3.24 Å². The average molecular weight is 672 g/mol. The number of hydrogen-bond donors (Lipinski definition) is 0. The smallest absolute Gasteiger partial charge is 0.0465 e. The minimum atomic E-state index is -0.0716. The second kappa shape index (κ2) is 12.1. The largest absolute Gasteiger partial charge is 0.310 e. The summed E-state index contributed by atoms with van der Waals surface area (Å²) in [6, 6.07) is 57.0. The molecule has 0 radical (unpaired) electrons. The van der Waals surface area contributed by atoms with Gasteiger partial charge in [-0.1, -0.05) is 136 Å². The molecule has 2 bridgehead atoms. The Morgan fingerprint density at radius 2 is 1.25 bits per heavy atom. The summed E-state index contributed by atoms with van der Waals surface area (Å²) in [7, 11) is 0. The molecular weight excluding hydrogens is 627 g/mol. The highest BCUT2D eigenvalue weighted by Gasteiger charge is 2.40. The maximum atomic E-state index is 2.47. The molecule has 3 unspecified atom stereocenters. The van der Waals surface area contributed by atoms with Crippen LogP contribution in [0.15, 0.2) is 152 Å². The molecule has 7 aromatic rings. The predicted octanol–water partition coefficient (Wildman–Crippen LogP) is 14.2. The zero-order chi connectivity index (χ0) is 35.0. The Morgan fingerprint density at radius 1 is 0.538 bits per heavy atom. The van der Waals surface area contributed by atoms with Gasteiger partial charge in [-0.3, -0.25) is 0 Å². The molecule has 1 nitrogen and oxygen atoms in total. The Labute approximate surface area is 308 Å². The summed E-state index contributed by atoms with van der Waals surface area (Å²) < 4.78 is 0. The summed E-state index contributed by atoms with van der Waals surface area (Å²) in [4.78, 5) is 2.47. The van der Waals surface area contributed by atoms with Crippen molar-refractivity contribution < 1.29 is 0 Å². The van der Waals surface area contributed by atoms with E-state index in [-0.39, 0.29) is 5.41 Å². The Bertz CT molecular complexity index is 2450. The third-order valence-corrected chi connectivity index (χ3v) is 12.9. The summed E-state index contributed by atoms with van der Waals surface area (Å²) in [5.41, 5.74) is 17.0. The van der Waals surface area contributed by atoms with Gasteiger partial charge in [0.15, 0.2) is 0 Å². The fraction of sp³-hybridized carbons (Fsp3) is 0.216. The van der Waals surface area contributed by atoms with E-state index in [1.807, 2.05) is 0 Å². The summed E-state index contributed by atoms with van der Waals surface area (Å²) in [5.74, 6) is 2.54. The van der Waals surface area contributed by atoms with Crippen LogP contribution in [-0.4, -0.2) is 0 Å². The fourth-order valence-corrected chi connectivity index (χ4v) is 10.3. The van der Waals surface area contributed by atoms with Crippen LogP contribution in [-0.2, 0) is 5.41 Å². The van der Waals surface area contributed by atoms with E-state index in [4.69, 9.17) is 0 Å². The van der Waals surface area contributed by atoms with Gasteiger partial charge in [0, 0.05) is 22.5 Å². The number of aryl methyl sites for hydroxylation is 1. The SMILES string of the molecule is Cc1cccc2c1-c1ccc(N(c3ccc(-c4ccc5ccccc5c4-c4ccccc4)cc3)c3ccc(C4CC5CCC4C5)cc3)cc1C2(C)C. The monoisotopic (exact) mass is 671 g/mol. The van der Waals surface area contributed by atoms with E-state index in [1.54, 1.807) is 0 Å². The van der Waals surface area contributed by atoms with Crippen molar-refractivity contribution in [2.75, 3.05) is 4.90 Å². The summed E-state index contributed by atoms with van der Waals surface area (Å²) in [6.07, 6.45) is 5.65. The minimum absolute atomic E-state index is 0.0716. The van der Waals surface area contributed by atoms with E-state index in [0.29, 0.717) is 0 Å². The first kappa shape index (κ1) is 31.3. The Kier molecular flexibility index (Phi) is 7.29. The van der Waals surface area contributed by atoms with Gasteiger partial charge in [-0.15, -0.1) is 0 Å². The number of hydrogen-bond acceptors (Lipinski definition) is 1. The van der Waals surface area contributed by atoms with Crippen LogP contribution in [0.25, 0.3) is 44.2 Å². The molecule has 3 aliphatic carbocycles. The average Bonchev–Trinajstić information content (AvgIpc) is 3.89. The van der Waals surface area contributed by atoms with Crippen molar-refractivity contribution >= 4 is 27.8 Å². The molecule has 2 fully saturated rings. The molecule has 0 N–H and O–H groups in total. The molecule has 0 amide bonds. The normalized spacial score (nSPS) is 19.5. The lowest BCUT2D eigenvalue weighted by Gasteiger charge is -2.29. The highest BCUT2D eigenvalue weighted by molar-refractivity contribution is 6.04. The van der Waals surface area contributed by atoms with Gasteiger partial charge in [0.05, 0.1) is 0 Å². The van der Waals surface area contributed by atoms with Crippen molar-refractivity contribution in [3.8, 4) is 33.4 Å². The second-order valence-electron chi connectivity index (χ2n) is 16.2. The van der Waals surface area contributed by atoms with E-state index in [9.17, 15) is 0 Å². The molecule has 2 saturated carbocycles. The molecule has 7 aromatic carbocycles. The third-order valence-electron chi connectivity index (χ3n) is 12.9. The molecule has 0 heterocycles. The van der Waals surface area contributed by atoms with Crippen molar-refractivity contribution in [3.05, 3.63) is 174 Å². The molecule has 3 aliphatic rings. The number of benzene rings is 7. The van der Waals surface area contributed by atoms with E-state index in [0.717, 1.165) is 17.8 Å². The quantitative estimate of drug-likeness (QED) is 0.170. The zero-order valence-corrected chi connectivity index (χ0v) is 30.4. The second-order valence-corrected chi connectivity index (χ2v) is 16.2. The van der Waals surface area contributed by atoms with Crippen LogP contribution in [0.5, 0.6) is 0 Å². The van der Waals surface area contributed by atoms with Gasteiger partial charge in [0.1, 0.15) is 0 Å². The van der Waals surface area contributed by atoms with Crippen LogP contribution in [0, 0.1) is 18.8 Å². The van der Waals surface area contributed by atoms with Gasteiger partial charge < -0.3 is 4.90 Å². The van der Waals surface area contributed by atoms with Crippen molar-refractivity contribution in [1.82, 2.24) is 0 Å². The molecule has 1 heteroatoms. The van der Waals surface area contributed by atoms with Crippen LogP contribution >= 0.6 is 0 Å². The number of rotatable bonds is 6. The van der Waals surface area contributed by atoms with E-state index >= 15 is 0 Å². The van der Waals surface area contributed by atoms with Crippen LogP contribution in [0.2, 0.25) is 0 Å². The standard InChI is InChI=1S/C51H45N/c1-33-10-9-15-47-49(33)45-29-27-42(32-48(45)51(47,2)3)52(41-25-20-37(21-26-41)46-31-34-16-17-39(46)30-34)40-23-18-36(19-24-40)44-28-22-35-11-7-8-14-43(35)50(44)38-12-5-4-6-13-38/h4-15,18-29,32,34,39,46H,16-17,30-31H2,1-3H3. The maximum Gasteiger partial charge on any atom is 0.0465 e. The number of fused-ring (bicyclic) bond motifs is 6. The van der Waals surface area contributed by atoms with E-state index in [1.165, 1.54) is 109 Å². The van der Waals surface area contributed by atoms with Gasteiger partial charge >= 0.3 is 0 Å². The van der Waals surface area contributed by atoms with Crippen molar-refractivity contribution in [2.24, 2.45) is 11.8 Å². The fourth-order valence-electron chi connectivity index (χ4n) is 10.3. The Morgan fingerprint density at radius 3 is 2.00 bits per heavy atom. The van der Waals surface area contributed by atoms with Crippen molar-refractivity contribution in [1.29, 1.82) is 0 Å². The first-order chi connectivity index (χ1) is 25.4. The molecular formula is C51H45N. The lowest BCUT2D eigenvalue weighted by atomic mass is 9.82. The molecule has 254 valence electrons. The van der Waals surface area contributed by atoms with Crippen LogP contribution in [0.4, 0.5) is 17.1 Å².